The van der Waals surface area contributed by atoms with Gasteiger partial charge in [0.1, 0.15) is 0 Å². The van der Waals surface area contributed by atoms with Gasteiger partial charge >= 0.3 is 0 Å². The molecule has 1 saturated heterocycles. The number of rotatable bonds is 15. The molecule has 3 atom stereocenters. The lowest BCUT2D eigenvalue weighted by Gasteiger charge is -2.30. The van der Waals surface area contributed by atoms with Gasteiger partial charge in [-0.2, -0.15) is 0 Å². The molecule has 2 amide bonds. The summed E-state index contributed by atoms with van der Waals surface area (Å²) < 4.78 is 33.5. The van der Waals surface area contributed by atoms with Crippen LogP contribution in [0, 0.1) is 17.8 Å². The number of aromatic nitrogens is 1. The summed E-state index contributed by atoms with van der Waals surface area (Å²) in [4.78, 5) is 32.7. The number of allylic oxidation sites excluding steroid dienone is 1. The summed E-state index contributed by atoms with van der Waals surface area (Å²) in [7, 11) is -3.77. The molecule has 2 N–H and O–H groups in total. The molecule has 0 radical (unpaired) electrons. The van der Waals surface area contributed by atoms with Crippen LogP contribution in [0.25, 0.3) is 6.08 Å². The van der Waals surface area contributed by atoms with Crippen LogP contribution in [0.3, 0.4) is 0 Å². The lowest BCUT2D eigenvalue weighted by molar-refractivity contribution is -0.203. The van der Waals surface area contributed by atoms with Crippen molar-refractivity contribution >= 4 is 27.9 Å². The van der Waals surface area contributed by atoms with Crippen LogP contribution in [-0.2, 0) is 35.7 Å². The van der Waals surface area contributed by atoms with E-state index in [2.05, 4.69) is 10.9 Å². The standard InChI is InChI=1S/C29H42N4O6S/c1-23(2)22-26(28(34)30-33(40(3,36)37)20-19-32-17-8-9-18-32)25(15-11-14-24-12-5-4-6-13-24)29(35)31-39-27-16-7-10-21-38-27/h4-6,8-9,11-14,17-18,23,25-27H,7,10,15-16,19-22H2,1-3H3,(H,30,34)(H,31,35)/t25-,26+,27?/m0/s1. The first-order valence-corrected chi connectivity index (χ1v) is 15.7. The predicted octanol–water partition coefficient (Wildman–Crippen LogP) is 3.74. The minimum absolute atomic E-state index is 0.0422. The van der Waals surface area contributed by atoms with E-state index in [1.54, 1.807) is 0 Å². The van der Waals surface area contributed by atoms with E-state index < -0.39 is 40.0 Å². The van der Waals surface area contributed by atoms with Crippen LogP contribution in [0.4, 0.5) is 0 Å². The molecule has 10 nitrogen and oxygen atoms in total. The highest BCUT2D eigenvalue weighted by Gasteiger charge is 2.36. The fraction of sp³-hybridized carbons (Fsp3) is 0.517. The van der Waals surface area contributed by atoms with Crippen LogP contribution in [-0.4, -0.2) is 54.9 Å². The summed E-state index contributed by atoms with van der Waals surface area (Å²) in [6.07, 6.45) is 11.1. The molecule has 2 aromatic rings. The number of nitrogens with one attached hydrogen (secondary N) is 2. The first kappa shape index (κ1) is 31.5. The monoisotopic (exact) mass is 574 g/mol. The maximum absolute atomic E-state index is 13.7. The SMILES string of the molecule is CC(C)C[C@@H](C(=O)NN(CCn1cccc1)S(C)(=O)=O)[C@H](CC=Cc1ccccc1)C(=O)NOC1CCCCO1. The van der Waals surface area contributed by atoms with Gasteiger partial charge in [-0.15, -0.1) is 4.41 Å². The molecule has 3 rings (SSSR count). The average molecular weight is 575 g/mol. The zero-order valence-electron chi connectivity index (χ0n) is 23.6. The van der Waals surface area contributed by atoms with Crippen molar-refractivity contribution in [3.8, 4) is 0 Å². The second-order valence-corrected chi connectivity index (χ2v) is 12.4. The maximum atomic E-state index is 13.7. The Hall–Kier alpha value is -2.99. The number of hydrogen-bond donors (Lipinski definition) is 2. The second-order valence-electron chi connectivity index (χ2n) is 10.5. The summed E-state index contributed by atoms with van der Waals surface area (Å²) in [6.45, 7) is 4.88. The van der Waals surface area contributed by atoms with Crippen molar-refractivity contribution in [3.05, 3.63) is 66.5 Å². The number of sulfonamides is 1. The number of benzene rings is 1. The number of ether oxygens (including phenoxy) is 1. The summed E-state index contributed by atoms with van der Waals surface area (Å²) in [5.41, 5.74) is 6.09. The van der Waals surface area contributed by atoms with Crippen LogP contribution in [0.5, 0.6) is 0 Å². The molecule has 11 heteroatoms. The average Bonchev–Trinajstić information content (AvgIpc) is 3.45. The number of hydroxylamine groups is 1. The number of nitrogens with zero attached hydrogens (tertiary/aromatic N) is 2. The summed E-state index contributed by atoms with van der Waals surface area (Å²) in [6, 6.07) is 13.3. The van der Waals surface area contributed by atoms with E-state index in [-0.39, 0.29) is 18.9 Å². The molecular weight excluding hydrogens is 532 g/mol. The molecule has 1 aromatic carbocycles. The van der Waals surface area contributed by atoms with E-state index in [9.17, 15) is 18.0 Å². The molecule has 220 valence electrons. The van der Waals surface area contributed by atoms with E-state index in [0.29, 0.717) is 26.0 Å². The highest BCUT2D eigenvalue weighted by molar-refractivity contribution is 7.88. The van der Waals surface area contributed by atoms with Crippen molar-refractivity contribution in [3.63, 3.8) is 0 Å². The molecule has 1 aliphatic rings. The Kier molecular flexibility index (Phi) is 12.4. The fourth-order valence-electron chi connectivity index (χ4n) is 4.57. The van der Waals surface area contributed by atoms with Gasteiger partial charge in [0.25, 0.3) is 0 Å². The third-order valence-electron chi connectivity index (χ3n) is 6.68. The largest absolute Gasteiger partial charge is 0.353 e. The Morgan fingerprint density at radius 1 is 1.10 bits per heavy atom. The molecule has 0 saturated carbocycles. The van der Waals surface area contributed by atoms with Gasteiger partial charge in [0.2, 0.25) is 21.8 Å². The van der Waals surface area contributed by atoms with Crippen LogP contribution in [0.2, 0.25) is 0 Å². The minimum atomic E-state index is -3.77. The lowest BCUT2D eigenvalue weighted by Crippen LogP contribution is -2.51. The molecule has 0 aliphatic carbocycles. The smallest absolute Gasteiger partial charge is 0.247 e. The van der Waals surface area contributed by atoms with Gasteiger partial charge < -0.3 is 9.30 Å². The summed E-state index contributed by atoms with van der Waals surface area (Å²) in [5, 5.41) is 0. The topological polar surface area (TPSA) is 119 Å². The van der Waals surface area contributed by atoms with Crippen molar-refractivity contribution < 1.29 is 27.6 Å². The summed E-state index contributed by atoms with van der Waals surface area (Å²) >= 11 is 0. The van der Waals surface area contributed by atoms with Crippen LogP contribution >= 0.6 is 0 Å². The second kappa shape index (κ2) is 15.7. The molecule has 1 fully saturated rings. The maximum Gasteiger partial charge on any atom is 0.247 e. The van der Waals surface area contributed by atoms with Gasteiger partial charge in [-0.25, -0.2) is 18.7 Å². The minimum Gasteiger partial charge on any atom is -0.353 e. The Balaban J connectivity index is 1.80. The summed E-state index contributed by atoms with van der Waals surface area (Å²) in [5.74, 6) is -2.54. The molecule has 2 heterocycles. The lowest BCUT2D eigenvalue weighted by atomic mass is 9.82. The van der Waals surface area contributed by atoms with E-state index >= 15 is 0 Å². The van der Waals surface area contributed by atoms with Crippen molar-refractivity contribution in [2.45, 2.75) is 58.8 Å². The molecular formula is C29H42N4O6S. The van der Waals surface area contributed by atoms with Gasteiger partial charge in [-0.3, -0.25) is 15.0 Å². The van der Waals surface area contributed by atoms with E-state index in [1.165, 1.54) is 0 Å². The first-order chi connectivity index (χ1) is 19.1. The molecule has 1 aromatic heterocycles. The Morgan fingerprint density at radius 2 is 1.82 bits per heavy atom. The quantitative estimate of drug-likeness (QED) is 0.313. The molecule has 0 bridgehead atoms. The number of amides is 2. The Labute approximate surface area is 237 Å². The normalized spacial score (nSPS) is 17.7. The van der Waals surface area contributed by atoms with Gasteiger partial charge in [-0.1, -0.05) is 56.3 Å². The van der Waals surface area contributed by atoms with Crippen molar-refractivity contribution in [2.75, 3.05) is 19.4 Å². The number of hydrogen-bond acceptors (Lipinski definition) is 6. The number of hydrazine groups is 1. The first-order valence-electron chi connectivity index (χ1n) is 13.8. The number of carbonyl (C=O) groups is 2. The third-order valence-corrected chi connectivity index (χ3v) is 7.75. The zero-order valence-corrected chi connectivity index (χ0v) is 24.4. The van der Waals surface area contributed by atoms with E-state index in [0.717, 1.165) is 29.1 Å². The number of carbonyl (C=O) groups excluding carboxylic acids is 2. The predicted molar refractivity (Wildman–Crippen MR) is 153 cm³/mol. The van der Waals surface area contributed by atoms with Crippen LogP contribution in [0.15, 0.2) is 60.9 Å². The molecule has 40 heavy (non-hydrogen) atoms. The molecule has 1 unspecified atom stereocenters. The third kappa shape index (κ3) is 10.5. The van der Waals surface area contributed by atoms with Crippen molar-refractivity contribution in [1.29, 1.82) is 0 Å². The molecule has 0 spiro atoms. The highest BCUT2D eigenvalue weighted by atomic mass is 32.2. The van der Waals surface area contributed by atoms with Gasteiger partial charge in [0.15, 0.2) is 6.29 Å². The van der Waals surface area contributed by atoms with Crippen molar-refractivity contribution in [1.82, 2.24) is 19.9 Å². The van der Waals surface area contributed by atoms with E-state index in [4.69, 9.17) is 9.57 Å². The Morgan fingerprint density at radius 3 is 2.45 bits per heavy atom. The molecule has 1 aliphatic heterocycles. The van der Waals surface area contributed by atoms with Crippen LogP contribution < -0.4 is 10.9 Å². The van der Waals surface area contributed by atoms with Gasteiger partial charge in [0.05, 0.1) is 24.6 Å². The van der Waals surface area contributed by atoms with Gasteiger partial charge in [0, 0.05) is 32.0 Å². The highest BCUT2D eigenvalue weighted by Crippen LogP contribution is 2.26. The zero-order chi connectivity index (χ0) is 29.0. The van der Waals surface area contributed by atoms with Crippen LogP contribution in [0.1, 0.15) is 51.5 Å². The van der Waals surface area contributed by atoms with Gasteiger partial charge in [-0.05, 0) is 49.3 Å². The fourth-order valence-corrected chi connectivity index (χ4v) is 5.24. The van der Waals surface area contributed by atoms with E-state index in [1.807, 2.05) is 85.4 Å². The van der Waals surface area contributed by atoms with Crippen molar-refractivity contribution in [2.24, 2.45) is 17.8 Å². The Bertz CT molecular complexity index is 1180.